The Morgan fingerprint density at radius 3 is 2.83 bits per heavy atom. The van der Waals surface area contributed by atoms with E-state index in [2.05, 4.69) is 23.8 Å². The number of aryl methyl sites for hydroxylation is 1. The molecule has 2 unspecified atom stereocenters. The minimum absolute atomic E-state index is 0.614. The van der Waals surface area contributed by atoms with Gasteiger partial charge in [0.15, 0.2) is 5.13 Å². The SMILES string of the molecule is Cc1nc(N2CCC3CCC(C2)N3C)sc1CN. The van der Waals surface area contributed by atoms with Crippen LogP contribution in [0.2, 0.25) is 0 Å². The van der Waals surface area contributed by atoms with E-state index in [1.807, 2.05) is 0 Å². The van der Waals surface area contributed by atoms with Gasteiger partial charge >= 0.3 is 0 Å². The first-order valence-electron chi connectivity index (χ1n) is 6.82. The van der Waals surface area contributed by atoms with E-state index >= 15 is 0 Å². The van der Waals surface area contributed by atoms with Crippen molar-refractivity contribution in [3.05, 3.63) is 10.6 Å². The third kappa shape index (κ3) is 2.04. The summed E-state index contributed by atoms with van der Waals surface area (Å²) in [5.41, 5.74) is 6.86. The van der Waals surface area contributed by atoms with Crippen LogP contribution >= 0.6 is 11.3 Å². The molecule has 0 radical (unpaired) electrons. The van der Waals surface area contributed by atoms with Crippen molar-refractivity contribution in [2.75, 3.05) is 25.0 Å². The topological polar surface area (TPSA) is 45.4 Å². The molecule has 2 aliphatic heterocycles. The van der Waals surface area contributed by atoms with Crippen LogP contribution in [0.25, 0.3) is 0 Å². The summed E-state index contributed by atoms with van der Waals surface area (Å²) in [6.45, 7) is 4.95. The van der Waals surface area contributed by atoms with Crippen molar-refractivity contribution in [3.63, 3.8) is 0 Å². The zero-order chi connectivity index (χ0) is 12.7. The minimum Gasteiger partial charge on any atom is -0.346 e. The quantitative estimate of drug-likeness (QED) is 0.883. The van der Waals surface area contributed by atoms with Crippen LogP contribution < -0.4 is 10.6 Å². The molecule has 18 heavy (non-hydrogen) atoms. The summed E-state index contributed by atoms with van der Waals surface area (Å²) in [6.07, 6.45) is 3.98. The molecule has 1 aromatic heterocycles. The van der Waals surface area contributed by atoms with Crippen molar-refractivity contribution in [1.82, 2.24) is 9.88 Å². The van der Waals surface area contributed by atoms with E-state index in [1.165, 1.54) is 29.3 Å². The van der Waals surface area contributed by atoms with Crippen LogP contribution in [0, 0.1) is 6.92 Å². The molecule has 0 saturated carbocycles. The molecule has 2 atom stereocenters. The zero-order valence-corrected chi connectivity index (χ0v) is 12.0. The van der Waals surface area contributed by atoms with Gasteiger partial charge < -0.3 is 10.6 Å². The third-order valence-corrected chi connectivity index (χ3v) is 5.73. The van der Waals surface area contributed by atoms with Gasteiger partial charge in [-0.25, -0.2) is 4.98 Å². The molecular formula is C13H22N4S. The van der Waals surface area contributed by atoms with Crippen molar-refractivity contribution < 1.29 is 0 Å². The summed E-state index contributed by atoms with van der Waals surface area (Å²) in [7, 11) is 2.28. The number of fused-ring (bicyclic) bond motifs is 2. The lowest BCUT2D eigenvalue weighted by Gasteiger charge is -2.25. The molecule has 100 valence electrons. The number of hydrogen-bond donors (Lipinski definition) is 1. The van der Waals surface area contributed by atoms with Crippen molar-refractivity contribution in [1.29, 1.82) is 0 Å². The van der Waals surface area contributed by atoms with Gasteiger partial charge in [0.05, 0.1) is 5.69 Å². The van der Waals surface area contributed by atoms with E-state index in [1.54, 1.807) is 11.3 Å². The molecule has 2 bridgehead atoms. The first-order chi connectivity index (χ1) is 8.69. The molecule has 0 aromatic carbocycles. The molecule has 0 aliphatic carbocycles. The highest BCUT2D eigenvalue weighted by Gasteiger charge is 2.35. The van der Waals surface area contributed by atoms with Gasteiger partial charge in [-0.05, 0) is 33.2 Å². The van der Waals surface area contributed by atoms with E-state index in [0.29, 0.717) is 12.6 Å². The van der Waals surface area contributed by atoms with Gasteiger partial charge in [-0.1, -0.05) is 0 Å². The molecule has 1 aromatic rings. The largest absolute Gasteiger partial charge is 0.346 e. The second-order valence-electron chi connectivity index (χ2n) is 5.49. The van der Waals surface area contributed by atoms with E-state index in [-0.39, 0.29) is 0 Å². The number of anilines is 1. The van der Waals surface area contributed by atoms with Gasteiger partial charge in [0, 0.05) is 36.6 Å². The molecule has 3 rings (SSSR count). The standard InChI is InChI=1S/C13H22N4S/c1-9-12(7-14)18-13(15-9)17-6-5-10-3-4-11(8-17)16(10)2/h10-11H,3-8,14H2,1-2H3. The Balaban J connectivity index is 1.80. The zero-order valence-electron chi connectivity index (χ0n) is 11.2. The Morgan fingerprint density at radius 2 is 2.11 bits per heavy atom. The number of hydrogen-bond acceptors (Lipinski definition) is 5. The van der Waals surface area contributed by atoms with Crippen molar-refractivity contribution in [3.8, 4) is 0 Å². The number of rotatable bonds is 2. The maximum Gasteiger partial charge on any atom is 0.185 e. The van der Waals surface area contributed by atoms with Crippen LogP contribution in [0.15, 0.2) is 0 Å². The van der Waals surface area contributed by atoms with E-state index in [4.69, 9.17) is 10.7 Å². The highest BCUT2D eigenvalue weighted by atomic mass is 32.1. The van der Waals surface area contributed by atoms with Crippen LogP contribution in [0.1, 0.15) is 29.8 Å². The summed E-state index contributed by atoms with van der Waals surface area (Å²) in [5.74, 6) is 0. The average molecular weight is 266 g/mol. The molecule has 2 N–H and O–H groups in total. The van der Waals surface area contributed by atoms with Crippen LogP contribution in [0.4, 0.5) is 5.13 Å². The molecule has 2 aliphatic rings. The van der Waals surface area contributed by atoms with E-state index in [9.17, 15) is 0 Å². The predicted molar refractivity (Wildman–Crippen MR) is 76.1 cm³/mol. The fourth-order valence-electron chi connectivity index (χ4n) is 3.22. The minimum atomic E-state index is 0.614. The number of aromatic nitrogens is 1. The van der Waals surface area contributed by atoms with Gasteiger partial charge in [-0.15, -0.1) is 11.3 Å². The van der Waals surface area contributed by atoms with Crippen molar-refractivity contribution in [2.24, 2.45) is 5.73 Å². The van der Waals surface area contributed by atoms with E-state index < -0.39 is 0 Å². The van der Waals surface area contributed by atoms with E-state index in [0.717, 1.165) is 24.8 Å². The van der Waals surface area contributed by atoms with Gasteiger partial charge in [-0.3, -0.25) is 4.90 Å². The monoisotopic (exact) mass is 266 g/mol. The molecule has 0 amide bonds. The van der Waals surface area contributed by atoms with Gasteiger partial charge in [0.25, 0.3) is 0 Å². The molecule has 5 heteroatoms. The first-order valence-corrected chi connectivity index (χ1v) is 7.64. The molecule has 2 fully saturated rings. The number of likely N-dealkylation sites (N-methyl/N-ethyl adjacent to an activating group) is 1. The summed E-state index contributed by atoms with van der Waals surface area (Å²) in [6, 6.07) is 1.50. The third-order valence-electron chi connectivity index (χ3n) is 4.49. The van der Waals surface area contributed by atoms with Crippen molar-refractivity contribution >= 4 is 16.5 Å². The van der Waals surface area contributed by atoms with Crippen molar-refractivity contribution in [2.45, 2.75) is 44.8 Å². The highest BCUT2D eigenvalue weighted by Crippen LogP contribution is 2.33. The molecular weight excluding hydrogens is 244 g/mol. The fraction of sp³-hybridized carbons (Fsp3) is 0.769. The predicted octanol–water partition coefficient (Wildman–Crippen LogP) is 1.58. The lowest BCUT2D eigenvalue weighted by Crippen LogP contribution is -2.36. The molecule has 0 spiro atoms. The van der Waals surface area contributed by atoms with Crippen LogP contribution in [-0.2, 0) is 6.54 Å². The smallest absolute Gasteiger partial charge is 0.185 e. The van der Waals surface area contributed by atoms with Gasteiger partial charge in [0.1, 0.15) is 0 Å². The Morgan fingerprint density at radius 1 is 1.33 bits per heavy atom. The second kappa shape index (κ2) is 4.79. The lowest BCUT2D eigenvalue weighted by molar-refractivity contribution is 0.254. The Bertz CT molecular complexity index is 431. The fourth-order valence-corrected chi connectivity index (χ4v) is 4.19. The number of nitrogens with two attached hydrogens (primary N) is 1. The first kappa shape index (κ1) is 12.4. The summed E-state index contributed by atoms with van der Waals surface area (Å²) in [5, 5.41) is 1.17. The van der Waals surface area contributed by atoms with Crippen LogP contribution in [0.5, 0.6) is 0 Å². The summed E-state index contributed by atoms with van der Waals surface area (Å²) >= 11 is 1.78. The van der Waals surface area contributed by atoms with Crippen LogP contribution in [0.3, 0.4) is 0 Å². The summed E-state index contributed by atoms with van der Waals surface area (Å²) < 4.78 is 0. The Hall–Kier alpha value is -0.650. The molecule has 3 heterocycles. The average Bonchev–Trinajstić information content (AvgIpc) is 2.81. The maximum absolute atomic E-state index is 5.75. The molecule has 2 saturated heterocycles. The van der Waals surface area contributed by atoms with Gasteiger partial charge in [0.2, 0.25) is 0 Å². The maximum atomic E-state index is 5.75. The number of thiazole rings is 1. The number of nitrogens with zero attached hydrogens (tertiary/aromatic N) is 3. The normalized spacial score (nSPS) is 28.7. The van der Waals surface area contributed by atoms with Gasteiger partial charge in [-0.2, -0.15) is 0 Å². The highest BCUT2D eigenvalue weighted by molar-refractivity contribution is 7.15. The second-order valence-corrected chi connectivity index (χ2v) is 6.56. The Kier molecular flexibility index (Phi) is 3.30. The Labute approximate surface area is 113 Å². The lowest BCUT2D eigenvalue weighted by atomic mass is 10.1. The molecule has 4 nitrogen and oxygen atoms in total. The summed E-state index contributed by atoms with van der Waals surface area (Å²) in [4.78, 5) is 11.0. The van der Waals surface area contributed by atoms with Crippen LogP contribution in [-0.4, -0.2) is 42.1 Å².